The van der Waals surface area contributed by atoms with Crippen molar-refractivity contribution >= 4 is 17.0 Å². The SMILES string of the molecule is Cn1c(C[C@](CO)(NC(=O)O)C(C)(C)C)cc2ccccc21. The van der Waals surface area contributed by atoms with Crippen LogP contribution in [0, 0.1) is 5.41 Å². The quantitative estimate of drug-likeness (QED) is 0.813. The standard InChI is InChI=1S/C17H24N2O3/c1-16(2,3)17(11-20,18-15(21)22)10-13-9-12-7-5-6-8-14(12)19(13)4/h5-9,18,20H,10-11H2,1-4H3,(H,21,22)/t17-/m1/s1. The number of aliphatic hydroxyl groups is 1. The molecule has 0 fully saturated rings. The molecule has 1 aromatic heterocycles. The molecule has 0 saturated heterocycles. The number of nitrogens with one attached hydrogen (secondary N) is 1. The van der Waals surface area contributed by atoms with Gasteiger partial charge in [-0.2, -0.15) is 0 Å². The first-order valence-corrected chi connectivity index (χ1v) is 7.35. The minimum absolute atomic E-state index is 0.260. The van der Waals surface area contributed by atoms with Crippen molar-refractivity contribution in [3.05, 3.63) is 36.0 Å². The zero-order valence-corrected chi connectivity index (χ0v) is 13.6. The number of rotatable bonds is 4. The van der Waals surface area contributed by atoms with Gasteiger partial charge in [0.25, 0.3) is 0 Å². The van der Waals surface area contributed by atoms with Crippen LogP contribution in [0.5, 0.6) is 0 Å². The first-order chi connectivity index (χ1) is 10.2. The zero-order chi connectivity index (χ0) is 16.5. The normalized spacial score (nSPS) is 14.8. The van der Waals surface area contributed by atoms with Crippen LogP contribution in [0.1, 0.15) is 26.5 Å². The molecular weight excluding hydrogens is 280 g/mol. The molecule has 22 heavy (non-hydrogen) atoms. The van der Waals surface area contributed by atoms with Gasteiger partial charge < -0.3 is 20.1 Å². The third-order valence-corrected chi connectivity index (χ3v) is 4.59. The number of hydrogen-bond acceptors (Lipinski definition) is 2. The summed E-state index contributed by atoms with van der Waals surface area (Å²) in [6.07, 6.45) is -0.701. The van der Waals surface area contributed by atoms with Crippen molar-refractivity contribution in [1.29, 1.82) is 0 Å². The number of amides is 1. The number of nitrogens with zero attached hydrogens (tertiary/aromatic N) is 1. The number of benzene rings is 1. The van der Waals surface area contributed by atoms with Gasteiger partial charge in [-0.05, 0) is 22.9 Å². The third-order valence-electron chi connectivity index (χ3n) is 4.59. The number of aliphatic hydroxyl groups excluding tert-OH is 1. The van der Waals surface area contributed by atoms with E-state index < -0.39 is 17.0 Å². The van der Waals surface area contributed by atoms with E-state index in [4.69, 9.17) is 0 Å². The summed E-state index contributed by atoms with van der Waals surface area (Å²) in [5, 5.41) is 22.8. The Hall–Kier alpha value is -2.01. The molecule has 0 aliphatic carbocycles. The predicted octanol–water partition coefficient (Wildman–Crippen LogP) is 2.77. The average Bonchev–Trinajstić information content (AvgIpc) is 2.73. The largest absolute Gasteiger partial charge is 0.465 e. The van der Waals surface area contributed by atoms with Crippen LogP contribution in [0.2, 0.25) is 0 Å². The maximum Gasteiger partial charge on any atom is 0.405 e. The molecule has 0 spiro atoms. The average molecular weight is 304 g/mol. The summed E-state index contributed by atoms with van der Waals surface area (Å²) in [7, 11) is 1.96. The van der Waals surface area contributed by atoms with Crippen molar-refractivity contribution in [2.45, 2.75) is 32.7 Å². The van der Waals surface area contributed by atoms with Gasteiger partial charge >= 0.3 is 6.09 Å². The zero-order valence-electron chi connectivity index (χ0n) is 13.6. The van der Waals surface area contributed by atoms with E-state index in [2.05, 4.69) is 16.0 Å². The highest BCUT2D eigenvalue weighted by Gasteiger charge is 2.43. The number of aryl methyl sites for hydroxylation is 1. The van der Waals surface area contributed by atoms with E-state index in [1.54, 1.807) is 0 Å². The van der Waals surface area contributed by atoms with E-state index in [1.807, 2.05) is 52.1 Å². The summed E-state index contributed by atoms with van der Waals surface area (Å²) < 4.78 is 2.05. The Morgan fingerprint density at radius 1 is 1.27 bits per heavy atom. The van der Waals surface area contributed by atoms with Gasteiger partial charge in [0, 0.05) is 24.7 Å². The molecule has 5 heteroatoms. The van der Waals surface area contributed by atoms with Crippen molar-refractivity contribution in [2.24, 2.45) is 12.5 Å². The Kier molecular flexibility index (Phi) is 4.20. The summed E-state index contributed by atoms with van der Waals surface area (Å²) >= 11 is 0. The van der Waals surface area contributed by atoms with Crippen LogP contribution in [0.4, 0.5) is 4.79 Å². The highest BCUT2D eigenvalue weighted by molar-refractivity contribution is 5.81. The van der Waals surface area contributed by atoms with Crippen molar-refractivity contribution in [1.82, 2.24) is 9.88 Å². The van der Waals surface area contributed by atoms with Crippen LogP contribution in [0.15, 0.2) is 30.3 Å². The Morgan fingerprint density at radius 3 is 2.41 bits per heavy atom. The van der Waals surface area contributed by atoms with Crippen LogP contribution in [0.3, 0.4) is 0 Å². The first kappa shape index (κ1) is 16.4. The van der Waals surface area contributed by atoms with Crippen molar-refractivity contribution in [2.75, 3.05) is 6.61 Å². The molecule has 1 atom stereocenters. The number of hydrogen-bond donors (Lipinski definition) is 3. The van der Waals surface area contributed by atoms with Crippen LogP contribution in [-0.2, 0) is 13.5 Å². The van der Waals surface area contributed by atoms with E-state index in [9.17, 15) is 15.0 Å². The smallest absolute Gasteiger partial charge is 0.405 e. The highest BCUT2D eigenvalue weighted by Crippen LogP contribution is 2.34. The van der Waals surface area contributed by atoms with E-state index in [1.165, 1.54) is 0 Å². The topological polar surface area (TPSA) is 74.5 Å². The second-order valence-corrected chi connectivity index (χ2v) is 6.85. The molecule has 5 nitrogen and oxygen atoms in total. The van der Waals surface area contributed by atoms with Gasteiger partial charge in [-0.25, -0.2) is 4.79 Å². The van der Waals surface area contributed by atoms with Crippen LogP contribution >= 0.6 is 0 Å². The van der Waals surface area contributed by atoms with Crippen molar-refractivity contribution < 1.29 is 15.0 Å². The van der Waals surface area contributed by atoms with Gasteiger partial charge in [-0.3, -0.25) is 0 Å². The van der Waals surface area contributed by atoms with E-state index in [0.29, 0.717) is 6.42 Å². The first-order valence-electron chi connectivity index (χ1n) is 7.35. The number of carbonyl (C=O) groups is 1. The fourth-order valence-corrected chi connectivity index (χ4v) is 2.86. The maximum atomic E-state index is 11.2. The van der Waals surface area contributed by atoms with Gasteiger partial charge in [0.05, 0.1) is 12.1 Å². The molecule has 0 radical (unpaired) electrons. The lowest BCUT2D eigenvalue weighted by Crippen LogP contribution is -2.61. The minimum atomic E-state index is -1.12. The molecule has 2 rings (SSSR count). The fourth-order valence-electron chi connectivity index (χ4n) is 2.86. The van der Waals surface area contributed by atoms with Crippen LogP contribution < -0.4 is 5.32 Å². The Bertz CT molecular complexity index is 685. The molecule has 3 N–H and O–H groups in total. The predicted molar refractivity (Wildman–Crippen MR) is 87.1 cm³/mol. The van der Waals surface area contributed by atoms with Gasteiger partial charge in [-0.1, -0.05) is 39.0 Å². The Labute approximate surface area is 130 Å². The number of para-hydroxylation sites is 1. The summed E-state index contributed by atoms with van der Waals surface area (Å²) in [6.45, 7) is 5.54. The van der Waals surface area contributed by atoms with Gasteiger partial charge in [-0.15, -0.1) is 0 Å². The summed E-state index contributed by atoms with van der Waals surface area (Å²) in [6, 6.07) is 10.1. The molecule has 1 heterocycles. The summed E-state index contributed by atoms with van der Waals surface area (Å²) in [5.74, 6) is 0. The highest BCUT2D eigenvalue weighted by atomic mass is 16.4. The molecule has 0 aliphatic heterocycles. The van der Waals surface area contributed by atoms with Crippen LogP contribution in [-0.4, -0.2) is 33.0 Å². The van der Waals surface area contributed by atoms with E-state index in [-0.39, 0.29) is 6.61 Å². The molecule has 1 amide bonds. The number of fused-ring (bicyclic) bond motifs is 1. The Morgan fingerprint density at radius 2 is 1.91 bits per heavy atom. The fraction of sp³-hybridized carbons (Fsp3) is 0.471. The van der Waals surface area contributed by atoms with Gasteiger partial charge in [0.15, 0.2) is 0 Å². The second kappa shape index (κ2) is 5.65. The summed E-state index contributed by atoms with van der Waals surface area (Å²) in [5.41, 5.74) is 0.699. The second-order valence-electron chi connectivity index (χ2n) is 6.85. The van der Waals surface area contributed by atoms with Gasteiger partial charge in [0.2, 0.25) is 0 Å². The maximum absolute atomic E-state index is 11.2. The number of aromatic nitrogens is 1. The molecule has 1 aromatic carbocycles. The lowest BCUT2D eigenvalue weighted by atomic mass is 9.71. The lowest BCUT2D eigenvalue weighted by molar-refractivity contribution is 0.0575. The van der Waals surface area contributed by atoms with E-state index >= 15 is 0 Å². The molecular formula is C17H24N2O3. The van der Waals surface area contributed by atoms with E-state index in [0.717, 1.165) is 16.6 Å². The Balaban J connectivity index is 2.49. The summed E-state index contributed by atoms with van der Waals surface area (Å²) in [4.78, 5) is 11.2. The molecule has 120 valence electrons. The minimum Gasteiger partial charge on any atom is -0.465 e. The van der Waals surface area contributed by atoms with Crippen molar-refractivity contribution in [3.8, 4) is 0 Å². The molecule has 0 bridgehead atoms. The number of carboxylic acid groups (broad SMARTS) is 1. The molecule has 0 saturated carbocycles. The van der Waals surface area contributed by atoms with Crippen LogP contribution in [0.25, 0.3) is 10.9 Å². The molecule has 0 aliphatic rings. The lowest BCUT2D eigenvalue weighted by Gasteiger charge is -2.43. The monoisotopic (exact) mass is 304 g/mol. The molecule has 2 aromatic rings. The van der Waals surface area contributed by atoms with Gasteiger partial charge in [0.1, 0.15) is 0 Å². The van der Waals surface area contributed by atoms with Crippen molar-refractivity contribution in [3.63, 3.8) is 0 Å². The third kappa shape index (κ3) is 2.81. The molecule has 0 unspecified atom stereocenters.